The van der Waals surface area contributed by atoms with Crippen LogP contribution in [0.25, 0.3) is 10.4 Å². The van der Waals surface area contributed by atoms with E-state index in [0.717, 1.165) is 41.7 Å². The van der Waals surface area contributed by atoms with E-state index < -0.39 is 84.3 Å². The Balaban J connectivity index is 3.84. The fourth-order valence-corrected chi connectivity index (χ4v) is 3.49. The summed E-state index contributed by atoms with van der Waals surface area (Å²) in [7, 11) is 1.01. The second kappa shape index (κ2) is 15.7. The minimum Gasteiger partial charge on any atom is -0.490 e. The lowest BCUT2D eigenvalue weighted by Crippen LogP contribution is -2.63. The molecule has 17 heteroatoms. The maximum atomic E-state index is 12.7. The van der Waals surface area contributed by atoms with Crippen LogP contribution in [-0.4, -0.2) is 93.1 Å². The summed E-state index contributed by atoms with van der Waals surface area (Å²) in [6.45, 7) is 4.16. The molecule has 1 aliphatic heterocycles. The molecular formula is C22H30N4O13. The van der Waals surface area contributed by atoms with Crippen molar-refractivity contribution >= 4 is 35.8 Å². The first kappa shape index (κ1) is 32.5. The number of carbonyl (C=O) groups excluding carboxylic acids is 6. The summed E-state index contributed by atoms with van der Waals surface area (Å²) < 4.78 is 37.1. The zero-order valence-corrected chi connectivity index (χ0v) is 22.2. The third kappa shape index (κ3) is 10.4. The van der Waals surface area contributed by atoms with Gasteiger partial charge in [0.05, 0.1) is 20.3 Å². The number of methoxy groups -OCH3 is 1. The molecule has 0 unspecified atom stereocenters. The molecule has 1 heterocycles. The fraction of sp³-hybridized carbons (Fsp3) is 0.636. The molecule has 0 aromatic carbocycles. The highest BCUT2D eigenvalue weighted by Gasteiger charge is 2.53. The lowest BCUT2D eigenvalue weighted by molar-refractivity contribution is -0.195. The van der Waals surface area contributed by atoms with Crippen molar-refractivity contribution in [3.05, 3.63) is 22.0 Å². The Bertz CT molecular complexity index is 1040. The molecule has 0 spiro atoms. The molecule has 17 nitrogen and oxygen atoms in total. The van der Waals surface area contributed by atoms with Crippen LogP contribution in [0.1, 0.15) is 34.6 Å². The molecule has 1 rings (SSSR count). The van der Waals surface area contributed by atoms with Crippen molar-refractivity contribution in [3.63, 3.8) is 0 Å². The van der Waals surface area contributed by atoms with Crippen molar-refractivity contribution in [2.75, 3.05) is 26.9 Å². The van der Waals surface area contributed by atoms with Gasteiger partial charge in [0.1, 0.15) is 12.6 Å². The summed E-state index contributed by atoms with van der Waals surface area (Å²) in [4.78, 5) is 75.0. The van der Waals surface area contributed by atoms with Crippen molar-refractivity contribution in [3.8, 4) is 0 Å². The molecule has 1 amide bonds. The third-order valence-electron chi connectivity index (χ3n) is 4.72. The first-order valence-corrected chi connectivity index (χ1v) is 11.4. The number of hydrogen-bond acceptors (Lipinski definition) is 14. The Morgan fingerprint density at radius 2 is 1.64 bits per heavy atom. The summed E-state index contributed by atoms with van der Waals surface area (Å²) in [5, 5.41) is 5.81. The van der Waals surface area contributed by atoms with Gasteiger partial charge in [-0.25, -0.2) is 4.79 Å². The van der Waals surface area contributed by atoms with E-state index in [2.05, 4.69) is 15.3 Å². The molecule has 0 aromatic heterocycles. The maximum absolute atomic E-state index is 12.7. The molecule has 216 valence electrons. The predicted octanol–water partition coefficient (Wildman–Crippen LogP) is -0.0404. The number of amides is 1. The predicted molar refractivity (Wildman–Crippen MR) is 125 cm³/mol. The van der Waals surface area contributed by atoms with Gasteiger partial charge in [-0.1, -0.05) is 5.11 Å². The summed E-state index contributed by atoms with van der Waals surface area (Å²) in [6, 6.07) is -1.44. The molecule has 0 bridgehead atoms. The Labute approximate surface area is 222 Å². The fourth-order valence-electron chi connectivity index (χ4n) is 3.49. The number of carbonyl (C=O) groups is 6. The second-order valence-electron chi connectivity index (χ2n) is 7.85. The lowest BCUT2D eigenvalue weighted by Gasteiger charge is -2.42. The zero-order chi connectivity index (χ0) is 29.7. The van der Waals surface area contributed by atoms with Gasteiger partial charge in [-0.15, -0.1) is 0 Å². The Kier molecular flexibility index (Phi) is 13.0. The van der Waals surface area contributed by atoms with E-state index in [1.165, 1.54) is 0 Å². The monoisotopic (exact) mass is 558 g/mol. The highest BCUT2D eigenvalue weighted by atomic mass is 16.6. The molecule has 0 saturated carbocycles. The van der Waals surface area contributed by atoms with Crippen LogP contribution < -0.4 is 5.32 Å². The summed E-state index contributed by atoms with van der Waals surface area (Å²) in [6.07, 6.45) is -6.36. The van der Waals surface area contributed by atoms with Crippen LogP contribution in [0.5, 0.6) is 0 Å². The topological polar surface area (TPSA) is 228 Å². The minimum atomic E-state index is -1.65. The quantitative estimate of drug-likeness (QED) is 0.0782. The average Bonchev–Trinajstić information content (AvgIpc) is 2.83. The lowest BCUT2D eigenvalue weighted by atomic mass is 9.92. The number of hydrogen-bond donors (Lipinski definition) is 1. The first-order valence-electron chi connectivity index (χ1n) is 11.4. The molecule has 0 radical (unpaired) electrons. The van der Waals surface area contributed by atoms with Gasteiger partial charge in [-0.2, -0.15) is 0 Å². The van der Waals surface area contributed by atoms with E-state index in [1.54, 1.807) is 0 Å². The van der Waals surface area contributed by atoms with E-state index >= 15 is 0 Å². The van der Waals surface area contributed by atoms with Crippen molar-refractivity contribution in [1.82, 2.24) is 5.32 Å². The van der Waals surface area contributed by atoms with Crippen molar-refractivity contribution < 1.29 is 61.9 Å². The van der Waals surface area contributed by atoms with E-state index in [4.69, 9.17) is 38.7 Å². The van der Waals surface area contributed by atoms with Gasteiger partial charge in [0.25, 0.3) is 0 Å². The number of nitrogens with zero attached hydrogens (tertiary/aromatic N) is 3. The van der Waals surface area contributed by atoms with E-state index in [0.29, 0.717) is 0 Å². The van der Waals surface area contributed by atoms with Crippen LogP contribution in [0.4, 0.5) is 0 Å². The first-order chi connectivity index (χ1) is 18.3. The van der Waals surface area contributed by atoms with E-state index in [-0.39, 0.29) is 13.2 Å². The number of ether oxygens (including phenoxy) is 7. The SMILES string of the molecule is COC(=O)C1=C(OCCN=[N+]=[N-])[C@H](OC(C)=O)[C@@H](NC(C)=O)[C@H]([C@H](OC(C)=O)[C@@H](COC(C)=O)OC(C)=O)O1. The molecule has 1 aliphatic rings. The van der Waals surface area contributed by atoms with Crippen LogP contribution in [0.15, 0.2) is 16.6 Å². The Hall–Kier alpha value is -4.53. The van der Waals surface area contributed by atoms with Crippen LogP contribution in [0, 0.1) is 0 Å². The minimum absolute atomic E-state index is 0.206. The summed E-state index contributed by atoms with van der Waals surface area (Å²) in [5.74, 6) is -6.27. The molecule has 0 fully saturated rings. The molecule has 0 saturated heterocycles. The maximum Gasteiger partial charge on any atom is 0.377 e. The van der Waals surface area contributed by atoms with Gasteiger partial charge in [0.2, 0.25) is 11.7 Å². The highest BCUT2D eigenvalue weighted by molar-refractivity contribution is 5.87. The normalized spacial score (nSPS) is 19.6. The Morgan fingerprint density at radius 3 is 2.13 bits per heavy atom. The standard InChI is InChI=1S/C22H30N4O13/c1-10(27)25-16-18(17(37-13(4)30)15(36-12(3)29)9-35-11(2)28)39-21(22(32)33-6)20(19(16)38-14(5)31)34-8-7-24-26-23/h15-19H,7-9H2,1-6H3,(H,25,27)/t15-,16+,17-,18-,19-/m1/s1. The molecule has 0 aromatic rings. The number of esters is 5. The molecule has 39 heavy (non-hydrogen) atoms. The molecule has 0 aliphatic carbocycles. The van der Waals surface area contributed by atoms with Crippen molar-refractivity contribution in [2.45, 2.75) is 65.1 Å². The average molecular weight is 558 g/mol. The second-order valence-corrected chi connectivity index (χ2v) is 7.85. The zero-order valence-electron chi connectivity index (χ0n) is 22.2. The third-order valence-corrected chi connectivity index (χ3v) is 4.72. The number of azide groups is 1. The van der Waals surface area contributed by atoms with Crippen molar-refractivity contribution in [2.24, 2.45) is 5.11 Å². The number of rotatable bonds is 13. The van der Waals surface area contributed by atoms with Gasteiger partial charge < -0.3 is 38.5 Å². The molecule has 1 N–H and O–H groups in total. The molecule has 5 atom stereocenters. The van der Waals surface area contributed by atoms with Crippen LogP contribution >= 0.6 is 0 Å². The van der Waals surface area contributed by atoms with Crippen LogP contribution in [-0.2, 0) is 61.9 Å². The van der Waals surface area contributed by atoms with Crippen molar-refractivity contribution in [1.29, 1.82) is 0 Å². The van der Waals surface area contributed by atoms with Gasteiger partial charge in [-0.05, 0) is 5.53 Å². The van der Waals surface area contributed by atoms with Crippen LogP contribution in [0.2, 0.25) is 0 Å². The van der Waals surface area contributed by atoms with Crippen LogP contribution in [0.3, 0.4) is 0 Å². The summed E-state index contributed by atoms with van der Waals surface area (Å²) in [5.41, 5.74) is 8.52. The Morgan fingerprint density at radius 1 is 1.00 bits per heavy atom. The van der Waals surface area contributed by atoms with Gasteiger partial charge in [0.15, 0.2) is 30.2 Å². The highest BCUT2D eigenvalue weighted by Crippen LogP contribution is 2.33. The summed E-state index contributed by atoms with van der Waals surface area (Å²) >= 11 is 0. The van der Waals surface area contributed by atoms with Gasteiger partial charge >= 0.3 is 29.8 Å². The van der Waals surface area contributed by atoms with Gasteiger partial charge in [-0.3, -0.25) is 24.0 Å². The van der Waals surface area contributed by atoms with Gasteiger partial charge in [0, 0.05) is 39.5 Å². The molecular weight excluding hydrogens is 528 g/mol. The smallest absolute Gasteiger partial charge is 0.377 e. The van der Waals surface area contributed by atoms with E-state index in [1.807, 2.05) is 0 Å². The van der Waals surface area contributed by atoms with E-state index in [9.17, 15) is 28.8 Å². The number of nitrogens with one attached hydrogen (secondary N) is 1. The largest absolute Gasteiger partial charge is 0.490 e.